The maximum atomic E-state index is 12.8. The molecule has 1 fully saturated rings. The first kappa shape index (κ1) is 20.3. The number of carbonyl (C=O) groups is 4. The van der Waals surface area contributed by atoms with E-state index in [0.29, 0.717) is 11.1 Å². The monoisotopic (exact) mass is 394 g/mol. The molecule has 0 saturated carbocycles. The van der Waals surface area contributed by atoms with Crippen LogP contribution in [0.25, 0.3) is 0 Å². The zero-order valence-electron chi connectivity index (χ0n) is 16.3. The van der Waals surface area contributed by atoms with E-state index in [9.17, 15) is 19.2 Å². The number of urea groups is 1. The van der Waals surface area contributed by atoms with E-state index in [4.69, 9.17) is 4.74 Å². The van der Waals surface area contributed by atoms with E-state index in [1.54, 1.807) is 49.4 Å². The summed E-state index contributed by atoms with van der Waals surface area (Å²) < 4.78 is 4.98. The Morgan fingerprint density at radius 1 is 1.03 bits per heavy atom. The molecule has 1 heterocycles. The van der Waals surface area contributed by atoms with Crippen LogP contribution in [0, 0.1) is 0 Å². The fourth-order valence-corrected chi connectivity index (χ4v) is 3.14. The zero-order chi connectivity index (χ0) is 21.0. The van der Waals surface area contributed by atoms with Gasteiger partial charge in [0.05, 0.1) is 0 Å². The maximum absolute atomic E-state index is 12.8. The smallest absolute Gasteiger partial charge is 0.326 e. The minimum absolute atomic E-state index is 0.354. The van der Waals surface area contributed by atoms with Crippen molar-refractivity contribution in [1.82, 2.24) is 10.2 Å². The number of imide groups is 1. The van der Waals surface area contributed by atoms with Gasteiger partial charge in [0.1, 0.15) is 12.1 Å². The predicted octanol–water partition coefficient (Wildman–Crippen LogP) is 2.44. The number of esters is 1. The van der Waals surface area contributed by atoms with Gasteiger partial charge in [-0.1, -0.05) is 61.5 Å². The lowest BCUT2D eigenvalue weighted by Crippen LogP contribution is -2.41. The number of ether oxygens (including phenoxy) is 1. The summed E-state index contributed by atoms with van der Waals surface area (Å²) in [5.41, 5.74) is 0.885. The van der Waals surface area contributed by atoms with Crippen LogP contribution in [0.4, 0.5) is 4.79 Å². The van der Waals surface area contributed by atoms with Crippen molar-refractivity contribution < 1.29 is 23.9 Å². The third-order valence-electron chi connectivity index (χ3n) is 4.96. The first-order chi connectivity index (χ1) is 13.8. The number of ketones is 1. The fourth-order valence-electron chi connectivity index (χ4n) is 3.14. The summed E-state index contributed by atoms with van der Waals surface area (Å²) in [6.07, 6.45) is 0.858. The van der Waals surface area contributed by atoms with Crippen LogP contribution in [0.15, 0.2) is 54.6 Å². The van der Waals surface area contributed by atoms with Crippen molar-refractivity contribution in [2.75, 3.05) is 13.2 Å². The molecular weight excluding hydrogens is 372 g/mol. The number of Topliss-reactive ketones (excluding diaryl/α,β-unsaturated/α-hetero) is 1. The third-order valence-corrected chi connectivity index (χ3v) is 4.96. The van der Waals surface area contributed by atoms with Gasteiger partial charge in [-0.15, -0.1) is 0 Å². The summed E-state index contributed by atoms with van der Waals surface area (Å²) in [5, 5.41) is 2.62. The summed E-state index contributed by atoms with van der Waals surface area (Å²) in [5.74, 6) is -1.73. The van der Waals surface area contributed by atoms with Crippen molar-refractivity contribution in [3.8, 4) is 0 Å². The molecule has 150 valence electrons. The first-order valence-electron chi connectivity index (χ1n) is 9.32. The minimum Gasteiger partial charge on any atom is -0.456 e. The van der Waals surface area contributed by atoms with E-state index in [-0.39, 0.29) is 5.78 Å². The lowest BCUT2D eigenvalue weighted by molar-refractivity contribution is -0.146. The Balaban J connectivity index is 1.59. The van der Waals surface area contributed by atoms with Crippen LogP contribution in [0.3, 0.4) is 0 Å². The summed E-state index contributed by atoms with van der Waals surface area (Å²) in [7, 11) is 0. The highest BCUT2D eigenvalue weighted by Gasteiger charge is 2.49. The zero-order valence-corrected chi connectivity index (χ0v) is 16.3. The normalized spacial score (nSPS) is 18.5. The molecule has 3 rings (SSSR count). The number of rotatable bonds is 7. The molecule has 1 unspecified atom stereocenters. The Hall–Kier alpha value is -3.48. The number of amides is 3. The van der Waals surface area contributed by atoms with Gasteiger partial charge in [0.15, 0.2) is 12.4 Å². The van der Waals surface area contributed by atoms with Gasteiger partial charge in [-0.05, 0) is 24.5 Å². The third kappa shape index (κ3) is 4.18. The Labute approximate surface area is 168 Å². The molecule has 7 nitrogen and oxygen atoms in total. The molecule has 0 aromatic heterocycles. The van der Waals surface area contributed by atoms with Gasteiger partial charge in [-0.25, -0.2) is 4.79 Å². The SMILES string of the molecule is CCc1ccc(C(=O)COC(=O)CN2C(=O)NC(C)(c3ccccc3)C2=O)cc1. The predicted molar refractivity (Wildman–Crippen MR) is 105 cm³/mol. The van der Waals surface area contributed by atoms with E-state index < -0.39 is 36.6 Å². The highest BCUT2D eigenvalue weighted by atomic mass is 16.5. The summed E-state index contributed by atoms with van der Waals surface area (Å²) in [4.78, 5) is 50.1. The number of hydrogen-bond acceptors (Lipinski definition) is 5. The molecule has 0 aliphatic carbocycles. The van der Waals surface area contributed by atoms with Crippen molar-refractivity contribution in [2.24, 2.45) is 0 Å². The summed E-state index contributed by atoms with van der Waals surface area (Å²) in [6, 6.07) is 15.1. The number of nitrogens with zero attached hydrogens (tertiary/aromatic N) is 1. The van der Waals surface area contributed by atoms with Crippen LogP contribution in [0.1, 0.15) is 35.3 Å². The number of nitrogens with one attached hydrogen (secondary N) is 1. The molecule has 2 aromatic carbocycles. The van der Waals surface area contributed by atoms with Crippen LogP contribution in [0.5, 0.6) is 0 Å². The van der Waals surface area contributed by atoms with Gasteiger partial charge in [-0.3, -0.25) is 19.3 Å². The molecule has 2 aromatic rings. The molecule has 0 bridgehead atoms. The van der Waals surface area contributed by atoms with E-state index in [2.05, 4.69) is 5.32 Å². The quantitative estimate of drug-likeness (QED) is 0.442. The van der Waals surface area contributed by atoms with Crippen LogP contribution in [0.2, 0.25) is 0 Å². The molecule has 3 amide bonds. The second-order valence-electron chi connectivity index (χ2n) is 6.95. The largest absolute Gasteiger partial charge is 0.456 e. The average Bonchev–Trinajstić information content (AvgIpc) is 2.96. The lowest BCUT2D eigenvalue weighted by Gasteiger charge is -2.21. The molecule has 29 heavy (non-hydrogen) atoms. The van der Waals surface area contributed by atoms with E-state index in [1.807, 2.05) is 19.1 Å². The Bertz CT molecular complexity index is 939. The van der Waals surface area contributed by atoms with Gasteiger partial charge >= 0.3 is 12.0 Å². The van der Waals surface area contributed by atoms with E-state index in [1.165, 1.54) is 0 Å². The summed E-state index contributed by atoms with van der Waals surface area (Å²) >= 11 is 0. The number of carbonyl (C=O) groups excluding carboxylic acids is 4. The van der Waals surface area contributed by atoms with Crippen LogP contribution >= 0.6 is 0 Å². The van der Waals surface area contributed by atoms with Crippen molar-refractivity contribution >= 4 is 23.7 Å². The Morgan fingerprint density at radius 2 is 1.69 bits per heavy atom. The number of aryl methyl sites for hydroxylation is 1. The molecule has 1 aliphatic heterocycles. The Kier molecular flexibility index (Phi) is 5.77. The topological polar surface area (TPSA) is 92.8 Å². The second-order valence-corrected chi connectivity index (χ2v) is 6.95. The second kappa shape index (κ2) is 8.26. The van der Waals surface area contributed by atoms with E-state index in [0.717, 1.165) is 16.9 Å². The molecule has 7 heteroatoms. The van der Waals surface area contributed by atoms with Gasteiger partial charge < -0.3 is 10.1 Å². The maximum Gasteiger partial charge on any atom is 0.326 e. The molecule has 1 N–H and O–H groups in total. The van der Waals surface area contributed by atoms with Crippen molar-refractivity contribution in [2.45, 2.75) is 25.8 Å². The molecule has 1 atom stereocenters. The first-order valence-corrected chi connectivity index (χ1v) is 9.32. The van der Waals surface area contributed by atoms with Crippen LogP contribution in [-0.2, 0) is 26.3 Å². The lowest BCUT2D eigenvalue weighted by atomic mass is 9.92. The van der Waals surface area contributed by atoms with Crippen LogP contribution < -0.4 is 5.32 Å². The molecule has 1 aliphatic rings. The number of benzene rings is 2. The molecular formula is C22H22N2O5. The van der Waals surface area contributed by atoms with Crippen molar-refractivity contribution in [3.63, 3.8) is 0 Å². The fraction of sp³-hybridized carbons (Fsp3) is 0.273. The minimum atomic E-state index is -1.25. The molecule has 1 saturated heterocycles. The summed E-state index contributed by atoms with van der Waals surface area (Å²) in [6.45, 7) is 2.58. The van der Waals surface area contributed by atoms with Crippen molar-refractivity contribution in [3.05, 3.63) is 71.3 Å². The molecule has 0 radical (unpaired) electrons. The van der Waals surface area contributed by atoms with Gasteiger partial charge in [0.2, 0.25) is 0 Å². The Morgan fingerprint density at radius 3 is 2.31 bits per heavy atom. The number of hydrogen-bond donors (Lipinski definition) is 1. The highest BCUT2D eigenvalue weighted by molar-refractivity contribution is 6.09. The average molecular weight is 394 g/mol. The van der Waals surface area contributed by atoms with E-state index >= 15 is 0 Å². The standard InChI is InChI=1S/C22H22N2O5/c1-3-15-9-11-16(12-10-15)18(25)14-29-19(26)13-24-20(27)22(2,23-21(24)28)17-7-5-4-6-8-17/h4-12H,3,13-14H2,1-2H3,(H,23,28). The van der Waals surface area contributed by atoms with Gasteiger partial charge in [0, 0.05) is 5.56 Å². The van der Waals surface area contributed by atoms with Crippen LogP contribution in [-0.4, -0.2) is 41.7 Å². The van der Waals surface area contributed by atoms with Gasteiger partial charge in [-0.2, -0.15) is 0 Å². The van der Waals surface area contributed by atoms with Gasteiger partial charge in [0.25, 0.3) is 5.91 Å². The van der Waals surface area contributed by atoms with Crippen molar-refractivity contribution in [1.29, 1.82) is 0 Å². The highest BCUT2D eigenvalue weighted by Crippen LogP contribution is 2.28. The molecule has 0 spiro atoms.